The largest absolute Gasteiger partial charge is 0.444 e. The second-order valence-corrected chi connectivity index (χ2v) is 8.69. The monoisotopic (exact) mass is 438 g/mol. The summed E-state index contributed by atoms with van der Waals surface area (Å²) in [6.45, 7) is 6.46. The lowest BCUT2D eigenvalue weighted by molar-refractivity contribution is -0.116. The summed E-state index contributed by atoms with van der Waals surface area (Å²) in [5.41, 5.74) is 6.37. The summed E-state index contributed by atoms with van der Waals surface area (Å²) in [5.74, 6) is -0.583. The number of hydrogen-bond acceptors (Lipinski definition) is 4. The third kappa shape index (κ3) is 4.18. The Morgan fingerprint density at radius 1 is 1.30 bits per heavy atom. The molecule has 1 aromatic carbocycles. The quantitative estimate of drug-likeness (QED) is 0.782. The predicted octanol–water partition coefficient (Wildman–Crippen LogP) is 2.30. The van der Waals surface area contributed by atoms with E-state index in [-0.39, 0.29) is 24.7 Å². The zero-order valence-electron chi connectivity index (χ0n) is 15.6. The Hall–Kier alpha value is -2.29. The van der Waals surface area contributed by atoms with Crippen LogP contribution in [-0.4, -0.2) is 59.1 Å². The number of nitrogens with zero attached hydrogens (tertiary/aromatic N) is 3. The first-order chi connectivity index (χ1) is 12.5. The van der Waals surface area contributed by atoms with Crippen molar-refractivity contribution < 1.29 is 19.1 Å². The molecule has 3 rings (SSSR count). The van der Waals surface area contributed by atoms with Crippen LogP contribution in [0.1, 0.15) is 26.3 Å². The molecular formula is C18H23BrN4O4. The van der Waals surface area contributed by atoms with E-state index in [2.05, 4.69) is 15.9 Å². The molecule has 8 nitrogen and oxygen atoms in total. The number of hydrogen-bond donors (Lipinski definition) is 1. The van der Waals surface area contributed by atoms with E-state index in [4.69, 9.17) is 10.5 Å². The van der Waals surface area contributed by atoms with Crippen molar-refractivity contribution in [2.75, 3.05) is 24.5 Å². The van der Waals surface area contributed by atoms with Crippen molar-refractivity contribution in [1.82, 2.24) is 9.80 Å². The number of primary amides is 1. The van der Waals surface area contributed by atoms with Crippen LogP contribution in [0.4, 0.5) is 15.3 Å². The highest BCUT2D eigenvalue weighted by molar-refractivity contribution is 9.10. The fraction of sp³-hybridized carbons (Fsp3) is 0.500. The van der Waals surface area contributed by atoms with Crippen LogP contribution in [0.15, 0.2) is 22.7 Å². The third-order valence-electron chi connectivity index (χ3n) is 4.42. The average Bonchev–Trinajstić information content (AvgIpc) is 2.48. The van der Waals surface area contributed by atoms with Crippen molar-refractivity contribution in [1.29, 1.82) is 0 Å². The second kappa shape index (κ2) is 7.03. The number of urea groups is 1. The summed E-state index contributed by atoms with van der Waals surface area (Å²) >= 11 is 3.39. The van der Waals surface area contributed by atoms with Gasteiger partial charge in [-0.1, -0.05) is 22.0 Å². The molecule has 27 heavy (non-hydrogen) atoms. The molecule has 0 atom stereocenters. The van der Waals surface area contributed by atoms with Crippen molar-refractivity contribution in [2.24, 2.45) is 5.73 Å². The van der Waals surface area contributed by atoms with Crippen molar-refractivity contribution in [2.45, 2.75) is 39.0 Å². The number of nitrogens with two attached hydrogens (primary N) is 1. The summed E-state index contributed by atoms with van der Waals surface area (Å²) in [7, 11) is 0. The summed E-state index contributed by atoms with van der Waals surface area (Å²) in [5, 5.41) is 0. The van der Waals surface area contributed by atoms with Gasteiger partial charge in [0.1, 0.15) is 12.1 Å². The van der Waals surface area contributed by atoms with Crippen molar-refractivity contribution in [3.05, 3.63) is 28.2 Å². The van der Waals surface area contributed by atoms with E-state index in [1.807, 2.05) is 32.9 Å². The van der Waals surface area contributed by atoms with Crippen molar-refractivity contribution in [3.63, 3.8) is 0 Å². The molecule has 0 radical (unpaired) electrons. The average molecular weight is 439 g/mol. The van der Waals surface area contributed by atoms with Gasteiger partial charge >= 0.3 is 12.1 Å². The molecule has 0 unspecified atom stereocenters. The molecule has 2 heterocycles. The molecule has 1 fully saturated rings. The lowest BCUT2D eigenvalue weighted by Gasteiger charge is -2.48. The minimum absolute atomic E-state index is 0.128. The van der Waals surface area contributed by atoms with Crippen LogP contribution < -0.4 is 10.6 Å². The molecular weight excluding hydrogens is 416 g/mol. The smallest absolute Gasteiger partial charge is 0.410 e. The lowest BCUT2D eigenvalue weighted by atomic mass is 10.0. The van der Waals surface area contributed by atoms with Crippen LogP contribution in [0.5, 0.6) is 0 Å². The fourth-order valence-electron chi connectivity index (χ4n) is 3.15. The SMILES string of the molecule is CC(C)(C)OC(=O)N1CC(N2Cc3ccc(Br)cc3N(CC(N)=O)C2=O)C1. The van der Waals surface area contributed by atoms with E-state index >= 15 is 0 Å². The first-order valence-electron chi connectivity index (χ1n) is 8.68. The van der Waals surface area contributed by atoms with Crippen LogP contribution in [0.2, 0.25) is 0 Å². The van der Waals surface area contributed by atoms with Crippen LogP contribution in [0.25, 0.3) is 0 Å². The minimum atomic E-state index is -0.583. The third-order valence-corrected chi connectivity index (χ3v) is 4.92. The predicted molar refractivity (Wildman–Crippen MR) is 103 cm³/mol. The van der Waals surface area contributed by atoms with Gasteiger partial charge in [-0.15, -0.1) is 0 Å². The number of likely N-dealkylation sites (tertiary alicyclic amines) is 1. The Bertz CT molecular complexity index is 786. The molecule has 2 N–H and O–H groups in total. The van der Waals surface area contributed by atoms with Gasteiger partial charge in [-0.25, -0.2) is 9.59 Å². The van der Waals surface area contributed by atoms with E-state index in [1.54, 1.807) is 15.9 Å². The van der Waals surface area contributed by atoms with Gasteiger partial charge in [-0.05, 0) is 38.5 Å². The van der Waals surface area contributed by atoms with Crippen LogP contribution in [-0.2, 0) is 16.1 Å². The molecule has 9 heteroatoms. The van der Waals surface area contributed by atoms with E-state index in [0.717, 1.165) is 10.0 Å². The van der Waals surface area contributed by atoms with E-state index in [0.29, 0.717) is 25.3 Å². The molecule has 1 aromatic rings. The number of ether oxygens (including phenoxy) is 1. The fourth-order valence-corrected chi connectivity index (χ4v) is 3.50. The Balaban J connectivity index is 1.74. The summed E-state index contributed by atoms with van der Waals surface area (Å²) in [6.07, 6.45) is -0.387. The topological polar surface area (TPSA) is 96.2 Å². The maximum atomic E-state index is 13.0. The molecule has 1 saturated heterocycles. The Labute approximate surface area is 166 Å². The molecule has 4 amide bonds. The molecule has 2 aliphatic rings. The Morgan fingerprint density at radius 3 is 2.56 bits per heavy atom. The van der Waals surface area contributed by atoms with Crippen LogP contribution in [0, 0.1) is 0 Å². The van der Waals surface area contributed by atoms with Gasteiger partial charge in [0.2, 0.25) is 5.91 Å². The van der Waals surface area contributed by atoms with Crippen LogP contribution in [0.3, 0.4) is 0 Å². The standard InChI is InChI=1S/C18H23BrN4O4/c1-18(2,3)27-17(26)21-8-13(9-21)22-7-11-4-5-12(19)6-14(11)23(16(22)25)10-15(20)24/h4-6,13H,7-10H2,1-3H3,(H2,20,24). The number of rotatable bonds is 3. The molecule has 0 spiro atoms. The normalized spacial score (nSPS) is 17.5. The molecule has 0 saturated carbocycles. The Kier molecular flexibility index (Phi) is 5.07. The molecule has 2 aliphatic heterocycles. The van der Waals surface area contributed by atoms with Crippen LogP contribution >= 0.6 is 15.9 Å². The second-order valence-electron chi connectivity index (χ2n) is 7.78. The van der Waals surface area contributed by atoms with E-state index < -0.39 is 11.5 Å². The van der Waals surface area contributed by atoms with Gasteiger partial charge in [-0.3, -0.25) is 9.69 Å². The van der Waals surface area contributed by atoms with Gasteiger partial charge in [0.25, 0.3) is 0 Å². The first-order valence-corrected chi connectivity index (χ1v) is 9.47. The van der Waals surface area contributed by atoms with Gasteiger partial charge < -0.3 is 20.3 Å². The number of amides is 4. The number of fused-ring (bicyclic) bond motifs is 1. The minimum Gasteiger partial charge on any atom is -0.444 e. The summed E-state index contributed by atoms with van der Waals surface area (Å²) < 4.78 is 6.17. The number of halogens is 1. The van der Waals surface area contributed by atoms with Crippen molar-refractivity contribution in [3.8, 4) is 0 Å². The number of benzene rings is 1. The first kappa shape index (κ1) is 19.5. The van der Waals surface area contributed by atoms with Gasteiger partial charge in [0, 0.05) is 24.1 Å². The van der Waals surface area contributed by atoms with Crippen molar-refractivity contribution >= 4 is 39.6 Å². The summed E-state index contributed by atoms with van der Waals surface area (Å²) in [4.78, 5) is 41.2. The maximum Gasteiger partial charge on any atom is 0.410 e. The van der Waals surface area contributed by atoms with Gasteiger partial charge in [0.15, 0.2) is 0 Å². The molecule has 0 aliphatic carbocycles. The maximum absolute atomic E-state index is 13.0. The lowest BCUT2D eigenvalue weighted by Crippen LogP contribution is -2.65. The summed E-state index contributed by atoms with van der Waals surface area (Å²) in [6, 6.07) is 5.20. The number of anilines is 1. The molecule has 0 aromatic heterocycles. The zero-order chi connectivity index (χ0) is 19.9. The zero-order valence-corrected chi connectivity index (χ0v) is 17.2. The Morgan fingerprint density at radius 2 is 1.96 bits per heavy atom. The van der Waals surface area contributed by atoms with Gasteiger partial charge in [0.05, 0.1) is 11.7 Å². The molecule has 0 bridgehead atoms. The van der Waals surface area contributed by atoms with Gasteiger partial charge in [-0.2, -0.15) is 0 Å². The van der Waals surface area contributed by atoms with E-state index in [9.17, 15) is 14.4 Å². The molecule has 146 valence electrons. The highest BCUT2D eigenvalue weighted by Crippen LogP contribution is 2.33. The highest BCUT2D eigenvalue weighted by atomic mass is 79.9. The number of carbonyl (C=O) groups excluding carboxylic acids is 3. The number of carbonyl (C=O) groups is 3. The highest BCUT2D eigenvalue weighted by Gasteiger charge is 2.42. The van der Waals surface area contributed by atoms with E-state index in [1.165, 1.54) is 4.90 Å².